The second-order valence-electron chi connectivity index (χ2n) is 5.61. The van der Waals surface area contributed by atoms with E-state index in [2.05, 4.69) is 16.3 Å². The van der Waals surface area contributed by atoms with Crippen LogP contribution in [0.5, 0.6) is 0 Å². The standard InChI is InChI=1S/C14H19FN2OS/c1-16-7-4-14(15,5-8-16)13(18)17-6-2-12-11(10-17)3-9-19-12/h3,9H,2,4-8,10H2,1H3. The number of thiophene rings is 1. The minimum Gasteiger partial charge on any atom is -0.335 e. The molecule has 0 bridgehead atoms. The molecule has 5 heteroatoms. The highest BCUT2D eigenvalue weighted by Crippen LogP contribution is 2.31. The first-order chi connectivity index (χ1) is 9.08. The van der Waals surface area contributed by atoms with E-state index < -0.39 is 5.67 Å². The smallest absolute Gasteiger partial charge is 0.260 e. The van der Waals surface area contributed by atoms with Crippen molar-refractivity contribution >= 4 is 17.2 Å². The predicted octanol–water partition coefficient (Wildman–Crippen LogP) is 2.07. The summed E-state index contributed by atoms with van der Waals surface area (Å²) in [5.74, 6) is -0.294. The number of carbonyl (C=O) groups excluding carboxylic acids is 1. The summed E-state index contributed by atoms with van der Waals surface area (Å²) >= 11 is 1.74. The molecule has 0 spiro atoms. The first-order valence-corrected chi connectivity index (χ1v) is 7.68. The van der Waals surface area contributed by atoms with Crippen LogP contribution in [0.4, 0.5) is 4.39 Å². The number of alkyl halides is 1. The van der Waals surface area contributed by atoms with Gasteiger partial charge in [-0.2, -0.15) is 0 Å². The van der Waals surface area contributed by atoms with Crippen molar-refractivity contribution in [3.8, 4) is 0 Å². The van der Waals surface area contributed by atoms with Crippen molar-refractivity contribution in [2.45, 2.75) is 31.5 Å². The zero-order valence-electron chi connectivity index (χ0n) is 11.2. The average Bonchev–Trinajstić information content (AvgIpc) is 2.88. The number of nitrogens with zero attached hydrogens (tertiary/aromatic N) is 2. The molecule has 3 heterocycles. The number of likely N-dealkylation sites (tertiary alicyclic amines) is 1. The van der Waals surface area contributed by atoms with Crippen molar-refractivity contribution in [2.24, 2.45) is 0 Å². The van der Waals surface area contributed by atoms with Crippen molar-refractivity contribution < 1.29 is 9.18 Å². The summed E-state index contributed by atoms with van der Waals surface area (Å²) < 4.78 is 14.8. The molecule has 3 nitrogen and oxygen atoms in total. The Morgan fingerprint density at radius 3 is 2.84 bits per heavy atom. The van der Waals surface area contributed by atoms with Gasteiger partial charge in [0.1, 0.15) is 0 Å². The summed E-state index contributed by atoms with van der Waals surface area (Å²) in [5.41, 5.74) is -0.443. The van der Waals surface area contributed by atoms with Gasteiger partial charge in [0.15, 0.2) is 5.67 Å². The number of piperidine rings is 1. The molecule has 3 rings (SSSR count). The molecule has 104 valence electrons. The molecule has 2 aliphatic rings. The van der Waals surface area contributed by atoms with Crippen LogP contribution in [0.1, 0.15) is 23.3 Å². The second-order valence-corrected chi connectivity index (χ2v) is 6.61. The Labute approximate surface area is 117 Å². The SMILES string of the molecule is CN1CCC(F)(C(=O)N2CCc3sccc3C2)CC1. The zero-order chi connectivity index (χ0) is 13.5. The van der Waals surface area contributed by atoms with Crippen LogP contribution in [0.25, 0.3) is 0 Å². The minimum atomic E-state index is -1.64. The molecule has 1 saturated heterocycles. The van der Waals surface area contributed by atoms with Crippen LogP contribution >= 0.6 is 11.3 Å². The van der Waals surface area contributed by atoms with E-state index in [1.54, 1.807) is 16.2 Å². The van der Waals surface area contributed by atoms with Gasteiger partial charge in [-0.1, -0.05) is 0 Å². The third-order valence-electron chi connectivity index (χ3n) is 4.26. The van der Waals surface area contributed by atoms with Crippen LogP contribution in [0, 0.1) is 0 Å². The molecule has 1 fully saturated rings. The number of halogens is 1. The Kier molecular flexibility index (Phi) is 3.35. The Morgan fingerprint density at radius 1 is 1.37 bits per heavy atom. The van der Waals surface area contributed by atoms with Gasteiger partial charge >= 0.3 is 0 Å². The fourth-order valence-corrected chi connectivity index (χ4v) is 3.78. The van der Waals surface area contributed by atoms with Gasteiger partial charge in [-0.25, -0.2) is 4.39 Å². The van der Waals surface area contributed by atoms with Crippen molar-refractivity contribution in [3.05, 3.63) is 21.9 Å². The minimum absolute atomic E-state index is 0.294. The first kappa shape index (κ1) is 13.1. The highest BCUT2D eigenvalue weighted by Gasteiger charge is 2.44. The number of hydrogen-bond acceptors (Lipinski definition) is 3. The molecular formula is C14H19FN2OS. The Morgan fingerprint density at radius 2 is 2.11 bits per heavy atom. The highest BCUT2D eigenvalue weighted by molar-refractivity contribution is 7.10. The predicted molar refractivity (Wildman–Crippen MR) is 74.0 cm³/mol. The van der Waals surface area contributed by atoms with Crippen LogP contribution < -0.4 is 0 Å². The summed E-state index contributed by atoms with van der Waals surface area (Å²) in [5, 5.41) is 2.05. The third-order valence-corrected chi connectivity index (χ3v) is 5.28. The van der Waals surface area contributed by atoms with Crippen molar-refractivity contribution in [1.29, 1.82) is 0 Å². The van der Waals surface area contributed by atoms with E-state index in [1.807, 2.05) is 7.05 Å². The molecule has 19 heavy (non-hydrogen) atoms. The lowest BCUT2D eigenvalue weighted by molar-refractivity contribution is -0.148. The van der Waals surface area contributed by atoms with Gasteiger partial charge in [-0.15, -0.1) is 11.3 Å². The highest BCUT2D eigenvalue weighted by atomic mass is 32.1. The Hall–Kier alpha value is -0.940. The molecule has 1 aromatic heterocycles. The molecule has 0 aromatic carbocycles. The van der Waals surface area contributed by atoms with E-state index >= 15 is 0 Å². The van der Waals surface area contributed by atoms with E-state index in [0.717, 1.165) is 6.42 Å². The Bertz CT molecular complexity index is 480. The van der Waals surface area contributed by atoms with Gasteiger partial charge in [0.2, 0.25) is 0 Å². The first-order valence-electron chi connectivity index (χ1n) is 6.80. The van der Waals surface area contributed by atoms with E-state index in [-0.39, 0.29) is 5.91 Å². The van der Waals surface area contributed by atoms with Crippen molar-refractivity contribution in [1.82, 2.24) is 9.80 Å². The van der Waals surface area contributed by atoms with Gasteiger partial charge in [-0.3, -0.25) is 4.79 Å². The molecule has 0 aliphatic carbocycles. The fourth-order valence-electron chi connectivity index (χ4n) is 2.89. The van der Waals surface area contributed by atoms with E-state index in [4.69, 9.17) is 0 Å². The summed E-state index contributed by atoms with van der Waals surface area (Å²) in [6.07, 6.45) is 1.53. The van der Waals surface area contributed by atoms with Gasteiger partial charge < -0.3 is 9.80 Å². The van der Waals surface area contributed by atoms with Crippen LogP contribution in [-0.4, -0.2) is 48.1 Å². The molecule has 1 amide bonds. The van der Waals surface area contributed by atoms with Crippen LogP contribution in [0.15, 0.2) is 11.4 Å². The molecule has 0 unspecified atom stereocenters. The molecule has 0 radical (unpaired) electrons. The molecule has 0 N–H and O–H groups in total. The van der Waals surface area contributed by atoms with Crippen molar-refractivity contribution in [3.63, 3.8) is 0 Å². The molecular weight excluding hydrogens is 263 g/mol. The third kappa shape index (κ3) is 2.41. The number of carbonyl (C=O) groups is 1. The monoisotopic (exact) mass is 282 g/mol. The van der Waals surface area contributed by atoms with Crippen molar-refractivity contribution in [2.75, 3.05) is 26.7 Å². The lowest BCUT2D eigenvalue weighted by Gasteiger charge is -2.38. The van der Waals surface area contributed by atoms with E-state index in [9.17, 15) is 9.18 Å². The lowest BCUT2D eigenvalue weighted by atomic mass is 9.91. The summed E-state index contributed by atoms with van der Waals surface area (Å²) in [6.45, 7) is 2.58. The van der Waals surface area contributed by atoms with Gasteiger partial charge in [0.25, 0.3) is 5.91 Å². The summed E-state index contributed by atoms with van der Waals surface area (Å²) in [6, 6.07) is 2.05. The van der Waals surface area contributed by atoms with Crippen LogP contribution in [-0.2, 0) is 17.8 Å². The Balaban J connectivity index is 1.71. The molecule has 1 aromatic rings. The number of hydrogen-bond donors (Lipinski definition) is 0. The quantitative estimate of drug-likeness (QED) is 0.787. The fraction of sp³-hybridized carbons (Fsp3) is 0.643. The van der Waals surface area contributed by atoms with Gasteiger partial charge in [-0.05, 0) is 30.5 Å². The van der Waals surface area contributed by atoms with E-state index in [1.165, 1.54) is 10.4 Å². The van der Waals surface area contributed by atoms with Crippen LogP contribution in [0.2, 0.25) is 0 Å². The lowest BCUT2D eigenvalue weighted by Crippen LogP contribution is -2.52. The number of fused-ring (bicyclic) bond motifs is 1. The van der Waals surface area contributed by atoms with Gasteiger partial charge in [0, 0.05) is 43.9 Å². The number of amides is 1. The maximum Gasteiger partial charge on any atom is 0.260 e. The van der Waals surface area contributed by atoms with Gasteiger partial charge in [0.05, 0.1) is 0 Å². The molecule has 2 aliphatic heterocycles. The summed E-state index contributed by atoms with van der Waals surface area (Å²) in [4.78, 5) is 17.6. The zero-order valence-corrected chi connectivity index (χ0v) is 12.0. The molecule has 0 saturated carbocycles. The maximum absolute atomic E-state index is 14.8. The maximum atomic E-state index is 14.8. The number of rotatable bonds is 1. The largest absolute Gasteiger partial charge is 0.335 e. The normalized spacial score (nSPS) is 23.2. The average molecular weight is 282 g/mol. The summed E-state index contributed by atoms with van der Waals surface area (Å²) in [7, 11) is 1.97. The molecule has 0 atom stereocenters. The topological polar surface area (TPSA) is 23.6 Å². The van der Waals surface area contributed by atoms with E-state index in [0.29, 0.717) is 39.0 Å². The van der Waals surface area contributed by atoms with Crippen LogP contribution in [0.3, 0.4) is 0 Å². The second kappa shape index (κ2) is 4.87.